The van der Waals surface area contributed by atoms with Gasteiger partial charge in [-0.15, -0.1) is 33.3 Å². The monoisotopic (exact) mass is 726 g/mol. The molecular formula is C29H23BrN6O4S4. The van der Waals surface area contributed by atoms with Crippen LogP contribution in [0.5, 0.6) is 0 Å². The third kappa shape index (κ3) is 6.33. The Bertz CT molecular complexity index is 1690. The van der Waals surface area contributed by atoms with E-state index in [4.69, 9.17) is 10.5 Å². The van der Waals surface area contributed by atoms with E-state index < -0.39 is 35.3 Å². The summed E-state index contributed by atoms with van der Waals surface area (Å²) in [5.74, 6) is -0.614. The summed E-state index contributed by atoms with van der Waals surface area (Å²) in [6.45, 7) is 0. The summed E-state index contributed by atoms with van der Waals surface area (Å²) in [6, 6.07) is 18.1. The number of ether oxygens (including phenoxy) is 1. The second-order valence-corrected chi connectivity index (χ2v) is 14.0. The number of esters is 1. The second kappa shape index (κ2) is 13.6. The second-order valence-electron chi connectivity index (χ2n) is 9.51. The molecule has 2 aromatic carbocycles. The van der Waals surface area contributed by atoms with Crippen molar-refractivity contribution in [1.29, 1.82) is 0 Å². The summed E-state index contributed by atoms with van der Waals surface area (Å²) in [5.41, 5.74) is 10.6. The molecule has 1 unspecified atom stereocenters. The number of amides is 2. The number of fused-ring (bicyclic) bond motifs is 1. The normalized spacial score (nSPS) is 18.2. The van der Waals surface area contributed by atoms with Crippen LogP contribution >= 0.6 is 62.1 Å². The highest BCUT2D eigenvalue weighted by atomic mass is 79.9. The van der Waals surface area contributed by atoms with Crippen LogP contribution in [-0.4, -0.2) is 60.8 Å². The van der Waals surface area contributed by atoms with Crippen LogP contribution < -0.4 is 11.1 Å². The van der Waals surface area contributed by atoms with E-state index in [0.29, 0.717) is 22.3 Å². The zero-order chi connectivity index (χ0) is 30.6. The standard InChI is InChI=1S/C29H23BrN6O4S4/c30-11-19(20-14-42-28(31)33-20)24(37)34-21-25(38)36-22(18(12-41-26(21)36)13-43-29-35-32-15-44-29)27(39)40-23(16-7-3-1-4-8-16)17-9-5-2-6-10-17/h1-11,14-15,21,23,26H,12-13H2,(H2,31,33)(H,34,37)/t21?,26-/m1/s1. The van der Waals surface area contributed by atoms with Crippen LogP contribution in [0.25, 0.3) is 5.57 Å². The van der Waals surface area contributed by atoms with Crippen molar-refractivity contribution < 1.29 is 19.1 Å². The predicted octanol–water partition coefficient (Wildman–Crippen LogP) is 5.09. The SMILES string of the molecule is Nc1nc(C(=CBr)C(=O)NC2C(=O)N3C(C(=O)OC(c4ccccc4)c4ccccc4)=C(CSc4nncs4)CS[C@H]23)cs1. The zero-order valence-electron chi connectivity index (χ0n) is 22.7. The van der Waals surface area contributed by atoms with Crippen molar-refractivity contribution in [3.05, 3.63) is 105 Å². The van der Waals surface area contributed by atoms with Crippen LogP contribution in [0.2, 0.25) is 0 Å². The molecule has 3 N–H and O–H groups in total. The number of nitrogen functional groups attached to an aromatic ring is 1. The molecule has 0 saturated carbocycles. The molecule has 4 heterocycles. The van der Waals surface area contributed by atoms with Gasteiger partial charge >= 0.3 is 5.97 Å². The quantitative estimate of drug-likeness (QED) is 0.0983. The maximum Gasteiger partial charge on any atom is 0.356 e. The number of halogens is 1. The summed E-state index contributed by atoms with van der Waals surface area (Å²) in [5, 5.41) is 12.3. The van der Waals surface area contributed by atoms with Crippen LogP contribution in [0, 0.1) is 0 Å². The Morgan fingerprint density at radius 3 is 2.43 bits per heavy atom. The molecule has 10 nitrogen and oxygen atoms in total. The summed E-state index contributed by atoms with van der Waals surface area (Å²) >= 11 is 8.76. The van der Waals surface area contributed by atoms with E-state index in [9.17, 15) is 14.4 Å². The van der Waals surface area contributed by atoms with E-state index in [1.807, 2.05) is 60.7 Å². The molecule has 15 heteroatoms. The molecule has 0 bridgehead atoms. The Labute approximate surface area is 277 Å². The highest BCUT2D eigenvalue weighted by Gasteiger charge is 2.54. The number of hydrogen-bond donors (Lipinski definition) is 2. The summed E-state index contributed by atoms with van der Waals surface area (Å²) in [6.07, 6.45) is -0.688. The number of benzene rings is 2. The van der Waals surface area contributed by atoms with Gasteiger partial charge in [0.15, 0.2) is 15.6 Å². The van der Waals surface area contributed by atoms with Gasteiger partial charge in [0.2, 0.25) is 0 Å². The van der Waals surface area contributed by atoms with Gasteiger partial charge in [-0.25, -0.2) is 9.78 Å². The molecule has 224 valence electrons. The van der Waals surface area contributed by atoms with Crippen LogP contribution in [-0.2, 0) is 19.1 Å². The topological polar surface area (TPSA) is 140 Å². The number of anilines is 1. The molecule has 44 heavy (non-hydrogen) atoms. The molecule has 0 radical (unpaired) electrons. The van der Waals surface area contributed by atoms with E-state index >= 15 is 0 Å². The van der Waals surface area contributed by atoms with E-state index in [1.54, 1.807) is 10.9 Å². The number of nitrogens with one attached hydrogen (secondary N) is 1. The average molecular weight is 728 g/mol. The highest BCUT2D eigenvalue weighted by Crippen LogP contribution is 2.43. The van der Waals surface area contributed by atoms with Crippen molar-refractivity contribution in [2.45, 2.75) is 21.9 Å². The van der Waals surface area contributed by atoms with Gasteiger partial charge in [0.1, 0.15) is 22.6 Å². The van der Waals surface area contributed by atoms with Crippen LogP contribution in [0.15, 0.2) is 92.1 Å². The van der Waals surface area contributed by atoms with Crippen LogP contribution in [0.1, 0.15) is 22.9 Å². The fourth-order valence-corrected chi connectivity index (χ4v) is 8.74. The summed E-state index contributed by atoms with van der Waals surface area (Å²) in [4.78, 5) is 48.0. The van der Waals surface area contributed by atoms with Gasteiger partial charge in [0, 0.05) is 16.9 Å². The molecule has 2 atom stereocenters. The molecule has 6 rings (SSSR count). The maximum atomic E-state index is 14.1. The zero-order valence-corrected chi connectivity index (χ0v) is 27.5. The van der Waals surface area contributed by atoms with Gasteiger partial charge in [0.05, 0.1) is 11.3 Å². The number of carbonyl (C=O) groups is 3. The van der Waals surface area contributed by atoms with Crippen molar-refractivity contribution in [3.63, 3.8) is 0 Å². The highest BCUT2D eigenvalue weighted by molar-refractivity contribution is 9.11. The fourth-order valence-electron chi connectivity index (χ4n) is 4.76. The number of nitrogens with two attached hydrogens (primary N) is 1. The Morgan fingerprint density at radius 1 is 1.14 bits per heavy atom. The molecule has 2 aromatic heterocycles. The number of carbonyl (C=O) groups excluding carboxylic acids is 3. The summed E-state index contributed by atoms with van der Waals surface area (Å²) in [7, 11) is 0. The van der Waals surface area contributed by atoms with Gasteiger partial charge in [-0.05, 0) is 21.7 Å². The molecule has 4 aromatic rings. The Hall–Kier alpha value is -3.50. The molecule has 2 amide bonds. The first-order valence-corrected chi connectivity index (χ1v) is 17.8. The molecule has 2 aliphatic rings. The van der Waals surface area contributed by atoms with Crippen molar-refractivity contribution in [3.8, 4) is 0 Å². The lowest BCUT2D eigenvalue weighted by molar-refractivity contribution is -0.154. The minimum absolute atomic E-state index is 0.196. The molecular weight excluding hydrogens is 705 g/mol. The largest absolute Gasteiger partial charge is 0.448 e. The number of thioether (sulfide) groups is 2. The molecule has 0 aliphatic carbocycles. The number of aromatic nitrogens is 3. The fraction of sp³-hybridized carbons (Fsp3) is 0.172. The minimum atomic E-state index is -0.842. The van der Waals surface area contributed by atoms with Gasteiger partial charge in [-0.3, -0.25) is 14.5 Å². The van der Waals surface area contributed by atoms with Crippen molar-refractivity contribution in [1.82, 2.24) is 25.4 Å². The van der Waals surface area contributed by atoms with Crippen molar-refractivity contribution in [2.24, 2.45) is 0 Å². The van der Waals surface area contributed by atoms with Crippen LogP contribution in [0.3, 0.4) is 0 Å². The van der Waals surface area contributed by atoms with E-state index in [1.165, 1.54) is 56.1 Å². The van der Waals surface area contributed by atoms with E-state index in [2.05, 4.69) is 36.4 Å². The smallest absolute Gasteiger partial charge is 0.356 e. The number of nitrogens with zero attached hydrogens (tertiary/aromatic N) is 4. The van der Waals surface area contributed by atoms with Crippen molar-refractivity contribution in [2.75, 3.05) is 17.2 Å². The van der Waals surface area contributed by atoms with E-state index in [-0.39, 0.29) is 11.3 Å². The van der Waals surface area contributed by atoms with Gasteiger partial charge in [0.25, 0.3) is 11.8 Å². The first-order chi connectivity index (χ1) is 21.4. The number of hydrogen-bond acceptors (Lipinski definition) is 12. The minimum Gasteiger partial charge on any atom is -0.448 e. The van der Waals surface area contributed by atoms with Crippen LogP contribution in [0.4, 0.5) is 5.13 Å². The predicted molar refractivity (Wildman–Crippen MR) is 177 cm³/mol. The molecule has 0 spiro atoms. The Morgan fingerprint density at radius 2 is 1.84 bits per heavy atom. The third-order valence-electron chi connectivity index (χ3n) is 6.82. The lowest BCUT2D eigenvalue weighted by Gasteiger charge is -2.49. The van der Waals surface area contributed by atoms with E-state index in [0.717, 1.165) is 21.0 Å². The van der Waals surface area contributed by atoms with Gasteiger partial charge in [-0.1, -0.05) is 99.7 Å². The average Bonchev–Trinajstić information content (AvgIpc) is 3.74. The number of β-lactam (4-membered cyclic amide) rings is 1. The molecule has 2 aliphatic heterocycles. The Balaban J connectivity index is 1.28. The first kappa shape index (κ1) is 30.5. The van der Waals surface area contributed by atoms with Gasteiger partial charge in [-0.2, -0.15) is 0 Å². The molecule has 1 fully saturated rings. The lowest BCUT2D eigenvalue weighted by atomic mass is 10.0. The first-order valence-electron chi connectivity index (χ1n) is 13.1. The maximum absolute atomic E-state index is 14.1. The lowest BCUT2D eigenvalue weighted by Crippen LogP contribution is -2.70. The number of rotatable bonds is 10. The third-order valence-corrected chi connectivity index (χ3v) is 11.2. The number of thiazole rings is 1. The Kier molecular flexibility index (Phi) is 9.47. The van der Waals surface area contributed by atoms with Crippen molar-refractivity contribution >= 4 is 90.6 Å². The molecule has 1 saturated heterocycles. The summed E-state index contributed by atoms with van der Waals surface area (Å²) < 4.78 is 6.96. The van der Waals surface area contributed by atoms with Gasteiger partial charge < -0.3 is 15.8 Å².